The monoisotopic (exact) mass is 313 g/mol. The van der Waals surface area contributed by atoms with Crippen molar-refractivity contribution in [3.63, 3.8) is 0 Å². The number of fused-ring (bicyclic) bond motifs is 1. The molecule has 6 heteroatoms. The van der Waals surface area contributed by atoms with Crippen LogP contribution in [0, 0.1) is 0 Å². The Morgan fingerprint density at radius 1 is 1.18 bits per heavy atom. The molecule has 0 saturated carbocycles. The van der Waals surface area contributed by atoms with E-state index in [1.165, 1.54) is 11.3 Å². The summed E-state index contributed by atoms with van der Waals surface area (Å²) in [5, 5.41) is 14.0. The minimum absolute atomic E-state index is 0.197. The molecule has 0 saturated heterocycles. The van der Waals surface area contributed by atoms with Gasteiger partial charge in [0.1, 0.15) is 10.8 Å². The zero-order valence-corrected chi connectivity index (χ0v) is 13.1. The fourth-order valence-electron chi connectivity index (χ4n) is 2.26. The van der Waals surface area contributed by atoms with E-state index in [0.29, 0.717) is 10.7 Å². The van der Waals surface area contributed by atoms with E-state index in [9.17, 15) is 4.79 Å². The summed E-state index contributed by atoms with van der Waals surface area (Å²) >= 11 is 1.39. The van der Waals surface area contributed by atoms with Crippen LogP contribution in [-0.2, 0) is 6.42 Å². The Morgan fingerprint density at radius 2 is 1.95 bits per heavy atom. The Labute approximate surface area is 132 Å². The van der Waals surface area contributed by atoms with Gasteiger partial charge in [0.25, 0.3) is 5.91 Å². The first-order valence-corrected chi connectivity index (χ1v) is 7.74. The lowest BCUT2D eigenvalue weighted by atomic mass is 10.0. The molecule has 0 aliphatic heterocycles. The van der Waals surface area contributed by atoms with Gasteiger partial charge in [-0.3, -0.25) is 10.1 Å². The van der Waals surface area contributed by atoms with Gasteiger partial charge in [-0.2, -0.15) is 0 Å². The van der Waals surface area contributed by atoms with Gasteiger partial charge in [-0.05, 0) is 23.9 Å². The van der Waals surface area contributed by atoms with Gasteiger partial charge in [-0.1, -0.05) is 42.5 Å². The van der Waals surface area contributed by atoms with Crippen LogP contribution in [-0.4, -0.2) is 23.2 Å². The van der Waals surface area contributed by atoms with Crippen LogP contribution in [0.5, 0.6) is 5.75 Å². The topological polar surface area (TPSA) is 64.1 Å². The van der Waals surface area contributed by atoms with Crippen LogP contribution in [0.3, 0.4) is 0 Å². The van der Waals surface area contributed by atoms with Gasteiger partial charge in [0.15, 0.2) is 0 Å². The smallest absolute Gasteiger partial charge is 0.258 e. The van der Waals surface area contributed by atoms with Gasteiger partial charge in [0.05, 0.1) is 7.11 Å². The zero-order chi connectivity index (χ0) is 15.5. The van der Waals surface area contributed by atoms with E-state index in [-0.39, 0.29) is 5.91 Å². The summed E-state index contributed by atoms with van der Waals surface area (Å²) in [6.45, 7) is 2.00. The van der Waals surface area contributed by atoms with E-state index in [4.69, 9.17) is 4.74 Å². The SMILES string of the molecule is CCc1nnc(NC(=O)c2ccc(OC)c3ccccc23)s1. The van der Waals surface area contributed by atoms with Crippen molar-refractivity contribution in [3.05, 3.63) is 47.0 Å². The highest BCUT2D eigenvalue weighted by molar-refractivity contribution is 7.15. The average Bonchev–Trinajstić information content (AvgIpc) is 3.01. The number of amides is 1. The number of carbonyl (C=O) groups excluding carboxylic acids is 1. The van der Waals surface area contributed by atoms with Crippen molar-refractivity contribution in [2.45, 2.75) is 13.3 Å². The molecular weight excluding hydrogens is 298 g/mol. The summed E-state index contributed by atoms with van der Waals surface area (Å²) in [5.41, 5.74) is 0.588. The maximum absolute atomic E-state index is 12.5. The maximum atomic E-state index is 12.5. The van der Waals surface area contributed by atoms with Crippen LogP contribution < -0.4 is 10.1 Å². The first-order valence-electron chi connectivity index (χ1n) is 6.92. The van der Waals surface area contributed by atoms with Crippen LogP contribution in [0.1, 0.15) is 22.3 Å². The minimum Gasteiger partial charge on any atom is -0.496 e. The quantitative estimate of drug-likeness (QED) is 0.800. The third kappa shape index (κ3) is 2.65. The van der Waals surface area contributed by atoms with Gasteiger partial charge in [0, 0.05) is 10.9 Å². The molecule has 112 valence electrons. The van der Waals surface area contributed by atoms with E-state index >= 15 is 0 Å². The highest BCUT2D eigenvalue weighted by Gasteiger charge is 2.14. The Morgan fingerprint density at radius 3 is 2.64 bits per heavy atom. The van der Waals surface area contributed by atoms with Crippen LogP contribution in [0.15, 0.2) is 36.4 Å². The number of aromatic nitrogens is 2. The summed E-state index contributed by atoms with van der Waals surface area (Å²) in [4.78, 5) is 12.5. The number of hydrogen-bond donors (Lipinski definition) is 1. The van der Waals surface area contributed by atoms with Crippen molar-refractivity contribution in [3.8, 4) is 5.75 Å². The van der Waals surface area contributed by atoms with Crippen molar-refractivity contribution in [2.75, 3.05) is 12.4 Å². The van der Waals surface area contributed by atoms with Crippen molar-refractivity contribution < 1.29 is 9.53 Å². The Bertz CT molecular complexity index is 829. The third-order valence-corrected chi connectivity index (χ3v) is 4.32. The molecule has 1 heterocycles. The second-order valence-corrected chi connectivity index (χ2v) is 5.73. The standard InChI is InChI=1S/C16H15N3O2S/c1-3-14-18-19-16(22-14)17-15(20)12-8-9-13(21-2)11-7-5-4-6-10(11)12/h4-9H,3H2,1-2H3,(H,17,19,20). The molecule has 0 unspecified atom stereocenters. The van der Waals surface area contributed by atoms with Gasteiger partial charge < -0.3 is 4.74 Å². The number of benzene rings is 2. The van der Waals surface area contributed by atoms with Gasteiger partial charge in [0.2, 0.25) is 5.13 Å². The van der Waals surface area contributed by atoms with Crippen LogP contribution >= 0.6 is 11.3 Å². The predicted octanol–water partition coefficient (Wildman–Crippen LogP) is 3.51. The number of aryl methyl sites for hydroxylation is 1. The number of anilines is 1. The molecule has 1 aromatic heterocycles. The van der Waals surface area contributed by atoms with Crippen molar-refractivity contribution in [2.24, 2.45) is 0 Å². The largest absolute Gasteiger partial charge is 0.496 e. The summed E-state index contributed by atoms with van der Waals surface area (Å²) in [6.07, 6.45) is 0.805. The van der Waals surface area contributed by atoms with E-state index in [1.54, 1.807) is 19.2 Å². The molecule has 3 rings (SSSR count). The predicted molar refractivity (Wildman–Crippen MR) is 87.7 cm³/mol. The molecular formula is C16H15N3O2S. The molecule has 22 heavy (non-hydrogen) atoms. The summed E-state index contributed by atoms with van der Waals surface area (Å²) in [7, 11) is 1.62. The molecule has 0 aliphatic carbocycles. The highest BCUT2D eigenvalue weighted by Crippen LogP contribution is 2.29. The molecule has 0 atom stereocenters. The van der Waals surface area contributed by atoms with E-state index in [0.717, 1.165) is 28.0 Å². The van der Waals surface area contributed by atoms with Crippen molar-refractivity contribution in [1.82, 2.24) is 10.2 Å². The van der Waals surface area contributed by atoms with E-state index in [1.807, 2.05) is 31.2 Å². The number of nitrogens with one attached hydrogen (secondary N) is 1. The summed E-state index contributed by atoms with van der Waals surface area (Å²) in [5.74, 6) is 0.550. The summed E-state index contributed by atoms with van der Waals surface area (Å²) in [6, 6.07) is 11.2. The second-order valence-electron chi connectivity index (χ2n) is 4.67. The first kappa shape index (κ1) is 14.5. The molecule has 3 aromatic rings. The van der Waals surface area contributed by atoms with Gasteiger partial charge >= 0.3 is 0 Å². The Balaban J connectivity index is 1.97. The highest BCUT2D eigenvalue weighted by atomic mass is 32.1. The van der Waals surface area contributed by atoms with Crippen LogP contribution in [0.25, 0.3) is 10.8 Å². The summed E-state index contributed by atoms with van der Waals surface area (Å²) < 4.78 is 5.35. The van der Waals surface area contributed by atoms with E-state index < -0.39 is 0 Å². The Hall–Kier alpha value is -2.47. The lowest BCUT2D eigenvalue weighted by molar-refractivity contribution is 0.102. The van der Waals surface area contributed by atoms with Crippen molar-refractivity contribution in [1.29, 1.82) is 0 Å². The molecule has 5 nitrogen and oxygen atoms in total. The average molecular weight is 313 g/mol. The van der Waals surface area contributed by atoms with Crippen molar-refractivity contribution >= 4 is 33.1 Å². The number of carbonyl (C=O) groups is 1. The fraction of sp³-hybridized carbons (Fsp3) is 0.188. The maximum Gasteiger partial charge on any atom is 0.258 e. The molecule has 0 spiro atoms. The molecule has 2 aromatic carbocycles. The molecule has 1 amide bonds. The Kier molecular flexibility index (Phi) is 4.02. The first-order chi connectivity index (χ1) is 10.7. The second kappa shape index (κ2) is 6.11. The van der Waals surface area contributed by atoms with E-state index in [2.05, 4.69) is 15.5 Å². The molecule has 0 aliphatic rings. The van der Waals surface area contributed by atoms with Crippen LogP contribution in [0.4, 0.5) is 5.13 Å². The van der Waals surface area contributed by atoms with Gasteiger partial charge in [-0.15, -0.1) is 10.2 Å². The zero-order valence-electron chi connectivity index (χ0n) is 12.3. The lowest BCUT2D eigenvalue weighted by Gasteiger charge is -2.09. The molecule has 0 bridgehead atoms. The normalized spacial score (nSPS) is 10.6. The number of rotatable bonds is 4. The number of nitrogens with zero attached hydrogens (tertiary/aromatic N) is 2. The molecule has 0 radical (unpaired) electrons. The fourth-order valence-corrected chi connectivity index (χ4v) is 2.93. The van der Waals surface area contributed by atoms with Gasteiger partial charge in [-0.25, -0.2) is 0 Å². The molecule has 0 fully saturated rings. The lowest BCUT2D eigenvalue weighted by Crippen LogP contribution is -2.12. The third-order valence-electron chi connectivity index (χ3n) is 3.34. The number of ether oxygens (including phenoxy) is 1. The van der Waals surface area contributed by atoms with Crippen LogP contribution in [0.2, 0.25) is 0 Å². The number of hydrogen-bond acceptors (Lipinski definition) is 5. The minimum atomic E-state index is -0.197. The number of methoxy groups -OCH3 is 1. The molecule has 1 N–H and O–H groups in total.